The lowest BCUT2D eigenvalue weighted by Crippen LogP contribution is -2.39. The zero-order valence-electron chi connectivity index (χ0n) is 11.4. The quantitative estimate of drug-likeness (QED) is 0.895. The maximum absolute atomic E-state index is 12.2. The van der Waals surface area contributed by atoms with Crippen molar-refractivity contribution in [2.24, 2.45) is 0 Å². The summed E-state index contributed by atoms with van der Waals surface area (Å²) in [4.78, 5) is 28.2. The molecule has 5 nitrogen and oxygen atoms in total. The second-order valence-electron chi connectivity index (χ2n) is 5.06. The van der Waals surface area contributed by atoms with Crippen LogP contribution in [0.3, 0.4) is 0 Å². The van der Waals surface area contributed by atoms with Crippen molar-refractivity contribution in [3.8, 4) is 0 Å². The number of nitrogens with zero attached hydrogens (tertiary/aromatic N) is 1. The lowest BCUT2D eigenvalue weighted by atomic mass is 10.1. The number of ether oxygens (including phenoxy) is 1. The molecule has 1 atom stereocenters. The fraction of sp³-hybridized carbons (Fsp3) is 0.571. The first-order valence-electron chi connectivity index (χ1n) is 6.65. The van der Waals surface area contributed by atoms with Gasteiger partial charge >= 0.3 is 0 Å². The molecule has 0 spiro atoms. The summed E-state index contributed by atoms with van der Waals surface area (Å²) in [7, 11) is 1.71. The van der Waals surface area contributed by atoms with Crippen molar-refractivity contribution >= 4 is 5.91 Å². The number of likely N-dealkylation sites (N-methyl/N-ethyl adjacent to an activating group) is 1. The first-order chi connectivity index (χ1) is 9.08. The van der Waals surface area contributed by atoms with Gasteiger partial charge in [0.25, 0.3) is 11.5 Å². The van der Waals surface area contributed by atoms with Gasteiger partial charge in [0.2, 0.25) is 0 Å². The van der Waals surface area contributed by atoms with E-state index in [1.54, 1.807) is 31.0 Å². The van der Waals surface area contributed by atoms with Crippen LogP contribution in [0.4, 0.5) is 0 Å². The van der Waals surface area contributed by atoms with Crippen molar-refractivity contribution in [3.63, 3.8) is 0 Å². The predicted octanol–water partition coefficient (Wildman–Crippen LogP) is 1.32. The van der Waals surface area contributed by atoms with E-state index in [-0.39, 0.29) is 23.1 Å². The highest BCUT2D eigenvalue weighted by atomic mass is 16.5. The number of pyridine rings is 1. The van der Waals surface area contributed by atoms with Crippen LogP contribution in [0.15, 0.2) is 16.9 Å². The van der Waals surface area contributed by atoms with Crippen LogP contribution in [0, 0.1) is 6.92 Å². The standard InChI is InChI=1S/C14H20N2O3/c1-10-6-7-12(13(17)15-10)14(18)16(2)9-11-5-3-4-8-19-11/h6-7,11H,3-5,8-9H2,1-2H3,(H,15,17)/t11-/m0/s1. The van der Waals surface area contributed by atoms with E-state index in [0.29, 0.717) is 6.54 Å². The largest absolute Gasteiger partial charge is 0.376 e. The van der Waals surface area contributed by atoms with Gasteiger partial charge < -0.3 is 14.6 Å². The molecule has 2 heterocycles. The van der Waals surface area contributed by atoms with Gasteiger partial charge in [0.05, 0.1) is 6.10 Å². The van der Waals surface area contributed by atoms with E-state index < -0.39 is 0 Å². The Morgan fingerprint density at radius 3 is 2.89 bits per heavy atom. The number of amides is 1. The number of aromatic nitrogens is 1. The Hall–Kier alpha value is -1.62. The number of rotatable bonds is 3. The highest BCUT2D eigenvalue weighted by Gasteiger charge is 2.21. The van der Waals surface area contributed by atoms with Crippen LogP contribution in [0.1, 0.15) is 35.3 Å². The predicted molar refractivity (Wildman–Crippen MR) is 72.4 cm³/mol. The molecule has 0 saturated carbocycles. The summed E-state index contributed by atoms with van der Waals surface area (Å²) in [6.45, 7) is 3.08. The monoisotopic (exact) mass is 264 g/mol. The number of aryl methyl sites for hydroxylation is 1. The Balaban J connectivity index is 2.03. The third-order valence-electron chi connectivity index (χ3n) is 3.38. The van der Waals surface area contributed by atoms with Crippen molar-refractivity contribution in [2.75, 3.05) is 20.2 Å². The molecule has 0 unspecified atom stereocenters. The van der Waals surface area contributed by atoms with Crippen molar-refractivity contribution in [2.45, 2.75) is 32.3 Å². The molecule has 104 valence electrons. The van der Waals surface area contributed by atoms with Crippen LogP contribution in [-0.4, -0.2) is 42.1 Å². The van der Waals surface area contributed by atoms with Crippen LogP contribution >= 0.6 is 0 Å². The topological polar surface area (TPSA) is 62.4 Å². The molecule has 0 aliphatic carbocycles. The number of hydrogen-bond acceptors (Lipinski definition) is 3. The molecule has 1 aromatic rings. The minimum absolute atomic E-state index is 0.0900. The van der Waals surface area contributed by atoms with Gasteiger partial charge in [0.1, 0.15) is 5.56 Å². The number of hydrogen-bond donors (Lipinski definition) is 1. The smallest absolute Gasteiger partial charge is 0.260 e. The van der Waals surface area contributed by atoms with E-state index >= 15 is 0 Å². The van der Waals surface area contributed by atoms with Crippen LogP contribution in [0.25, 0.3) is 0 Å². The number of nitrogens with one attached hydrogen (secondary N) is 1. The Bertz CT molecular complexity index is 504. The summed E-state index contributed by atoms with van der Waals surface area (Å²) in [6.07, 6.45) is 3.29. The molecule has 5 heteroatoms. The molecular weight excluding hydrogens is 244 g/mol. The lowest BCUT2D eigenvalue weighted by molar-refractivity contribution is -0.000221. The summed E-state index contributed by atoms with van der Waals surface area (Å²) in [5, 5.41) is 0. The van der Waals surface area contributed by atoms with Gasteiger partial charge in [0.15, 0.2) is 0 Å². The average molecular weight is 264 g/mol. The molecule has 1 N–H and O–H groups in total. The zero-order chi connectivity index (χ0) is 13.8. The highest BCUT2D eigenvalue weighted by Crippen LogP contribution is 2.14. The van der Waals surface area contributed by atoms with Crippen molar-refractivity contribution < 1.29 is 9.53 Å². The summed E-state index contributed by atoms with van der Waals surface area (Å²) < 4.78 is 5.60. The second kappa shape index (κ2) is 6.02. The molecule has 19 heavy (non-hydrogen) atoms. The first-order valence-corrected chi connectivity index (χ1v) is 6.65. The minimum atomic E-state index is -0.332. The SMILES string of the molecule is Cc1ccc(C(=O)N(C)C[C@@H]2CCCCO2)c(=O)[nH]1. The number of carbonyl (C=O) groups is 1. The maximum atomic E-state index is 12.2. The molecule has 1 saturated heterocycles. The summed E-state index contributed by atoms with van der Waals surface area (Å²) in [5.41, 5.74) is 0.602. The minimum Gasteiger partial charge on any atom is -0.376 e. The molecule has 0 bridgehead atoms. The third kappa shape index (κ3) is 3.44. The number of H-pyrrole nitrogens is 1. The van der Waals surface area contributed by atoms with Gasteiger partial charge in [0, 0.05) is 25.9 Å². The number of carbonyl (C=O) groups excluding carboxylic acids is 1. The van der Waals surface area contributed by atoms with Gasteiger partial charge in [-0.2, -0.15) is 0 Å². The van der Waals surface area contributed by atoms with Gasteiger partial charge in [-0.25, -0.2) is 0 Å². The third-order valence-corrected chi connectivity index (χ3v) is 3.38. The molecule has 1 aliphatic rings. The molecule has 1 aliphatic heterocycles. The summed E-state index contributed by atoms with van der Waals surface area (Å²) >= 11 is 0. The number of aromatic amines is 1. The van der Waals surface area contributed by atoms with E-state index in [2.05, 4.69) is 4.98 Å². The lowest BCUT2D eigenvalue weighted by Gasteiger charge is -2.27. The van der Waals surface area contributed by atoms with Crippen LogP contribution < -0.4 is 5.56 Å². The van der Waals surface area contributed by atoms with E-state index in [1.165, 1.54) is 0 Å². The van der Waals surface area contributed by atoms with Crippen LogP contribution in [0.2, 0.25) is 0 Å². The fourth-order valence-electron chi connectivity index (χ4n) is 2.29. The van der Waals surface area contributed by atoms with E-state index in [0.717, 1.165) is 31.6 Å². The van der Waals surface area contributed by atoms with E-state index in [9.17, 15) is 9.59 Å². The van der Waals surface area contributed by atoms with E-state index in [4.69, 9.17) is 4.74 Å². The van der Waals surface area contributed by atoms with E-state index in [1.807, 2.05) is 0 Å². The molecular formula is C14H20N2O3. The Morgan fingerprint density at radius 2 is 2.26 bits per heavy atom. The average Bonchev–Trinajstić information content (AvgIpc) is 2.39. The van der Waals surface area contributed by atoms with Crippen molar-refractivity contribution in [1.82, 2.24) is 9.88 Å². The first kappa shape index (κ1) is 13.8. The normalized spacial score (nSPS) is 19.2. The second-order valence-corrected chi connectivity index (χ2v) is 5.06. The van der Waals surface area contributed by atoms with Crippen molar-refractivity contribution in [3.05, 3.63) is 33.7 Å². The summed E-state index contributed by atoms with van der Waals surface area (Å²) in [6, 6.07) is 3.31. The highest BCUT2D eigenvalue weighted by molar-refractivity contribution is 5.93. The molecule has 1 fully saturated rings. The molecule has 0 aromatic carbocycles. The van der Waals surface area contributed by atoms with Gasteiger partial charge in [-0.1, -0.05) is 0 Å². The van der Waals surface area contributed by atoms with Gasteiger partial charge in [-0.3, -0.25) is 9.59 Å². The van der Waals surface area contributed by atoms with Crippen LogP contribution in [-0.2, 0) is 4.74 Å². The van der Waals surface area contributed by atoms with Crippen LogP contribution in [0.5, 0.6) is 0 Å². The molecule has 2 rings (SSSR count). The van der Waals surface area contributed by atoms with Crippen molar-refractivity contribution in [1.29, 1.82) is 0 Å². The molecule has 1 amide bonds. The molecule has 1 aromatic heterocycles. The zero-order valence-corrected chi connectivity index (χ0v) is 11.4. The molecule has 0 radical (unpaired) electrons. The Labute approximate surface area is 112 Å². The fourth-order valence-corrected chi connectivity index (χ4v) is 2.29. The van der Waals surface area contributed by atoms with Gasteiger partial charge in [-0.15, -0.1) is 0 Å². The summed E-state index contributed by atoms with van der Waals surface area (Å²) in [5.74, 6) is -0.254. The Kier molecular flexibility index (Phi) is 4.37. The Morgan fingerprint density at radius 1 is 1.47 bits per heavy atom. The maximum Gasteiger partial charge on any atom is 0.260 e. The van der Waals surface area contributed by atoms with Gasteiger partial charge in [-0.05, 0) is 38.3 Å².